The maximum Gasteiger partial charge on any atom is 0.300 e. The molecule has 3 unspecified atom stereocenters. The van der Waals surface area contributed by atoms with E-state index in [4.69, 9.17) is 9.84 Å². The number of aliphatic hydroxyl groups is 4. The number of nitro groups is 1. The van der Waals surface area contributed by atoms with Crippen LogP contribution in [0.25, 0.3) is 11.0 Å². The summed E-state index contributed by atoms with van der Waals surface area (Å²) in [6, 6.07) is 2.49. The molecule has 2 aromatic rings. The summed E-state index contributed by atoms with van der Waals surface area (Å²) in [6.07, 6.45) is -3.95. The molecule has 1 aliphatic heterocycles. The van der Waals surface area contributed by atoms with Crippen molar-refractivity contribution in [1.29, 1.82) is 0 Å². The Bertz CT molecular complexity index is 782. The predicted molar refractivity (Wildman–Crippen MR) is 80.7 cm³/mol. The Kier molecular flexibility index (Phi) is 4.53. The zero-order valence-electron chi connectivity index (χ0n) is 12.8. The second-order valence-corrected chi connectivity index (χ2v) is 5.76. The van der Waals surface area contributed by atoms with Crippen LogP contribution >= 0.6 is 0 Å². The number of aromatic nitrogens is 2. The first-order valence-electron chi connectivity index (χ1n) is 7.31. The fourth-order valence-corrected chi connectivity index (χ4v) is 2.79. The van der Waals surface area contributed by atoms with Crippen molar-refractivity contribution in [2.75, 3.05) is 25.1 Å². The van der Waals surface area contributed by atoms with E-state index in [1.165, 1.54) is 12.1 Å². The summed E-state index contributed by atoms with van der Waals surface area (Å²) in [5.74, 6) is 0. The minimum atomic E-state index is -1.52. The van der Waals surface area contributed by atoms with Gasteiger partial charge in [-0.05, 0) is 16.4 Å². The molecule has 136 valence electrons. The zero-order valence-corrected chi connectivity index (χ0v) is 12.8. The third-order valence-corrected chi connectivity index (χ3v) is 4.26. The Labute approximate surface area is 139 Å². The normalized spacial score (nSPS) is 29.7. The summed E-state index contributed by atoms with van der Waals surface area (Å²) in [4.78, 5) is 10.4. The molecule has 2 heterocycles. The van der Waals surface area contributed by atoms with Crippen LogP contribution in [-0.4, -0.2) is 79.3 Å². The van der Waals surface area contributed by atoms with Crippen molar-refractivity contribution in [2.24, 2.45) is 0 Å². The lowest BCUT2D eigenvalue weighted by molar-refractivity contribution is -0.383. The predicted octanol–water partition coefficient (Wildman–Crippen LogP) is -1.61. The topological polar surface area (TPSA) is 184 Å². The van der Waals surface area contributed by atoms with Gasteiger partial charge in [0.1, 0.15) is 23.9 Å². The van der Waals surface area contributed by atoms with Gasteiger partial charge in [-0.25, -0.2) is 4.63 Å². The molecule has 25 heavy (non-hydrogen) atoms. The van der Waals surface area contributed by atoms with Crippen LogP contribution in [0.15, 0.2) is 16.8 Å². The fraction of sp³-hybridized carbons (Fsp3) is 0.538. The number of anilines is 1. The molecule has 4 atom stereocenters. The standard InChI is InChI=1S/C13H16N4O8/c18-3-8-11(20)12(21)13(4-19,5-24-8)14-6-1-2-7(17(22)23)10-9(6)15-25-16-10/h1-2,8,11-12,14,18-21H,3-5H2/t8?,11-,12?,13?/m0/s1. The van der Waals surface area contributed by atoms with E-state index in [2.05, 4.69) is 20.3 Å². The molecular weight excluding hydrogens is 340 g/mol. The maximum atomic E-state index is 11.0. The molecule has 0 bridgehead atoms. The van der Waals surface area contributed by atoms with Gasteiger partial charge in [-0.3, -0.25) is 10.1 Å². The van der Waals surface area contributed by atoms with Crippen LogP contribution in [0, 0.1) is 10.1 Å². The molecule has 3 rings (SSSR count). The lowest BCUT2D eigenvalue weighted by Crippen LogP contribution is -2.67. The van der Waals surface area contributed by atoms with Crippen molar-refractivity contribution >= 4 is 22.4 Å². The van der Waals surface area contributed by atoms with E-state index in [0.717, 1.165) is 0 Å². The first-order valence-corrected chi connectivity index (χ1v) is 7.31. The first kappa shape index (κ1) is 17.4. The number of rotatable bonds is 5. The van der Waals surface area contributed by atoms with E-state index in [0.29, 0.717) is 0 Å². The van der Waals surface area contributed by atoms with Crippen molar-refractivity contribution in [2.45, 2.75) is 23.9 Å². The van der Waals surface area contributed by atoms with E-state index in [-0.39, 0.29) is 29.0 Å². The fourth-order valence-electron chi connectivity index (χ4n) is 2.79. The van der Waals surface area contributed by atoms with Crippen molar-refractivity contribution < 1.29 is 34.7 Å². The zero-order chi connectivity index (χ0) is 18.2. The lowest BCUT2D eigenvalue weighted by atomic mass is 9.85. The molecule has 1 fully saturated rings. The Hall–Kier alpha value is -2.38. The van der Waals surface area contributed by atoms with Crippen molar-refractivity contribution in [1.82, 2.24) is 10.3 Å². The van der Waals surface area contributed by atoms with E-state index in [1.807, 2.05) is 0 Å². The van der Waals surface area contributed by atoms with E-state index >= 15 is 0 Å². The monoisotopic (exact) mass is 356 g/mol. The van der Waals surface area contributed by atoms with Gasteiger partial charge in [-0.15, -0.1) is 0 Å². The molecule has 0 aliphatic carbocycles. The molecule has 12 nitrogen and oxygen atoms in total. The summed E-state index contributed by atoms with van der Waals surface area (Å²) in [5, 5.41) is 60.3. The molecule has 12 heteroatoms. The SMILES string of the molecule is O=[N+]([O-])c1ccc(NC2(CO)COC(CO)[C@H](O)C2O)c2nonc12. The minimum Gasteiger partial charge on any atom is -0.394 e. The highest BCUT2D eigenvalue weighted by Gasteiger charge is 2.49. The molecule has 1 aliphatic rings. The van der Waals surface area contributed by atoms with Gasteiger partial charge in [-0.2, -0.15) is 0 Å². The largest absolute Gasteiger partial charge is 0.394 e. The van der Waals surface area contributed by atoms with Gasteiger partial charge in [-0.1, -0.05) is 0 Å². The summed E-state index contributed by atoms with van der Waals surface area (Å²) in [5.41, 5.74) is -1.74. The highest BCUT2D eigenvalue weighted by Crippen LogP contribution is 2.33. The van der Waals surface area contributed by atoms with Crippen molar-refractivity contribution in [3.63, 3.8) is 0 Å². The molecule has 1 aromatic carbocycles. The summed E-state index contributed by atoms with van der Waals surface area (Å²) in [6.45, 7) is -1.38. The van der Waals surface area contributed by atoms with Crippen LogP contribution in [0.2, 0.25) is 0 Å². The lowest BCUT2D eigenvalue weighted by Gasteiger charge is -2.46. The number of aliphatic hydroxyl groups excluding tert-OH is 4. The Morgan fingerprint density at radius 1 is 1.32 bits per heavy atom. The summed E-state index contributed by atoms with van der Waals surface area (Å²) < 4.78 is 9.85. The van der Waals surface area contributed by atoms with Crippen molar-refractivity contribution in [3.05, 3.63) is 22.2 Å². The molecule has 5 N–H and O–H groups in total. The van der Waals surface area contributed by atoms with Crippen LogP contribution in [0.5, 0.6) is 0 Å². The number of non-ortho nitro benzene ring substituents is 1. The van der Waals surface area contributed by atoms with E-state index in [1.54, 1.807) is 0 Å². The Morgan fingerprint density at radius 3 is 2.68 bits per heavy atom. The number of nitrogens with zero attached hydrogens (tertiary/aromatic N) is 3. The van der Waals surface area contributed by atoms with Crippen molar-refractivity contribution in [3.8, 4) is 0 Å². The van der Waals surface area contributed by atoms with Gasteiger partial charge in [0.05, 0.1) is 30.4 Å². The summed E-state index contributed by atoms with van der Waals surface area (Å²) >= 11 is 0. The molecule has 0 radical (unpaired) electrons. The van der Waals surface area contributed by atoms with Gasteiger partial charge in [0, 0.05) is 6.07 Å². The van der Waals surface area contributed by atoms with Crippen LogP contribution in [0.3, 0.4) is 0 Å². The van der Waals surface area contributed by atoms with Crippen LogP contribution in [-0.2, 0) is 4.74 Å². The number of benzene rings is 1. The highest BCUT2D eigenvalue weighted by atomic mass is 16.6. The van der Waals surface area contributed by atoms with Gasteiger partial charge in [0.25, 0.3) is 0 Å². The highest BCUT2D eigenvalue weighted by molar-refractivity contribution is 5.93. The number of ether oxygens (including phenoxy) is 1. The second-order valence-electron chi connectivity index (χ2n) is 5.76. The molecule has 0 spiro atoms. The average molecular weight is 356 g/mol. The number of nitrogens with one attached hydrogen (secondary N) is 1. The third-order valence-electron chi connectivity index (χ3n) is 4.26. The molecule has 0 saturated carbocycles. The van der Waals surface area contributed by atoms with Gasteiger partial charge in [0.15, 0.2) is 5.52 Å². The van der Waals surface area contributed by atoms with Gasteiger partial charge in [0.2, 0.25) is 5.52 Å². The molecular formula is C13H16N4O8. The molecule has 1 saturated heterocycles. The molecule has 1 aromatic heterocycles. The van der Waals surface area contributed by atoms with Gasteiger partial charge >= 0.3 is 5.69 Å². The Morgan fingerprint density at radius 2 is 2.04 bits per heavy atom. The average Bonchev–Trinajstić information content (AvgIpc) is 3.09. The number of hydrogen-bond donors (Lipinski definition) is 5. The van der Waals surface area contributed by atoms with Gasteiger partial charge < -0.3 is 30.5 Å². The second kappa shape index (κ2) is 6.50. The quantitative estimate of drug-likeness (QED) is 0.306. The number of fused-ring (bicyclic) bond motifs is 1. The number of nitro benzene ring substituents is 1. The molecule has 0 amide bonds. The number of hydrogen-bond acceptors (Lipinski definition) is 11. The smallest absolute Gasteiger partial charge is 0.300 e. The maximum absolute atomic E-state index is 11.0. The van der Waals surface area contributed by atoms with E-state index in [9.17, 15) is 25.4 Å². The summed E-state index contributed by atoms with van der Waals surface area (Å²) in [7, 11) is 0. The first-order chi connectivity index (χ1) is 11.9. The van der Waals surface area contributed by atoms with Crippen LogP contribution in [0.1, 0.15) is 0 Å². The minimum absolute atomic E-state index is 0.0213. The Balaban J connectivity index is 1.98. The van der Waals surface area contributed by atoms with E-state index < -0.39 is 42.0 Å². The van der Waals surface area contributed by atoms with Crippen LogP contribution in [0.4, 0.5) is 11.4 Å². The third kappa shape index (κ3) is 2.79. The van der Waals surface area contributed by atoms with Crippen LogP contribution < -0.4 is 5.32 Å².